The highest BCUT2D eigenvalue weighted by Gasteiger charge is 2.12. The van der Waals surface area contributed by atoms with Crippen molar-refractivity contribution in [3.8, 4) is 29.1 Å². The van der Waals surface area contributed by atoms with E-state index in [9.17, 15) is 10.1 Å². The fraction of sp³-hybridized carbons (Fsp3) is 0.152. The Morgan fingerprint density at radius 2 is 1.45 bits per heavy atom. The number of carbonyl (C=O) groups excluding carboxylic acids is 1. The molecule has 0 unspecified atom stereocenters. The van der Waals surface area contributed by atoms with Gasteiger partial charge in [-0.3, -0.25) is 4.79 Å². The van der Waals surface area contributed by atoms with Crippen molar-refractivity contribution in [2.45, 2.75) is 20.1 Å². The van der Waals surface area contributed by atoms with E-state index in [0.29, 0.717) is 40.9 Å². The van der Waals surface area contributed by atoms with Crippen LogP contribution in [0.25, 0.3) is 6.08 Å². The molecule has 0 saturated heterocycles. The van der Waals surface area contributed by atoms with E-state index < -0.39 is 5.91 Å². The summed E-state index contributed by atoms with van der Waals surface area (Å²) in [6.07, 6.45) is 1.51. The van der Waals surface area contributed by atoms with Gasteiger partial charge in [0.1, 0.15) is 24.9 Å². The third-order valence-electron chi connectivity index (χ3n) is 6.00. The summed E-state index contributed by atoms with van der Waals surface area (Å²) in [5.74, 6) is 1.75. The maximum Gasteiger partial charge on any atom is 0.266 e. The van der Waals surface area contributed by atoms with Crippen molar-refractivity contribution in [3.63, 3.8) is 0 Å². The summed E-state index contributed by atoms with van der Waals surface area (Å²) < 4.78 is 23.0. The number of nitriles is 1. The zero-order valence-electron chi connectivity index (χ0n) is 22.6. The minimum atomic E-state index is -0.488. The molecule has 4 rings (SSSR count). The van der Waals surface area contributed by atoms with E-state index in [-0.39, 0.29) is 12.2 Å². The molecule has 0 radical (unpaired) electrons. The second-order valence-corrected chi connectivity index (χ2v) is 8.95. The number of aryl methyl sites for hydroxylation is 1. The van der Waals surface area contributed by atoms with Gasteiger partial charge in [-0.05, 0) is 71.7 Å². The average Bonchev–Trinajstić information content (AvgIpc) is 2.98. The molecule has 7 heteroatoms. The Labute approximate surface area is 234 Å². The first kappa shape index (κ1) is 27.8. The van der Waals surface area contributed by atoms with Gasteiger partial charge in [0.25, 0.3) is 5.91 Å². The molecule has 4 aromatic carbocycles. The highest BCUT2D eigenvalue weighted by molar-refractivity contribution is 6.09. The van der Waals surface area contributed by atoms with Crippen LogP contribution in [0.5, 0.6) is 23.0 Å². The molecule has 0 saturated carbocycles. The number of hydrogen-bond acceptors (Lipinski definition) is 6. The van der Waals surface area contributed by atoms with E-state index >= 15 is 0 Å². The number of rotatable bonds is 11. The summed E-state index contributed by atoms with van der Waals surface area (Å²) in [4.78, 5) is 12.7. The van der Waals surface area contributed by atoms with Crippen molar-refractivity contribution in [2.75, 3.05) is 19.5 Å². The second-order valence-electron chi connectivity index (χ2n) is 8.95. The lowest BCUT2D eigenvalue weighted by Gasteiger charge is -2.14. The zero-order chi connectivity index (χ0) is 28.3. The van der Waals surface area contributed by atoms with E-state index in [2.05, 4.69) is 5.32 Å². The Kier molecular flexibility index (Phi) is 9.41. The molecule has 0 spiro atoms. The van der Waals surface area contributed by atoms with E-state index in [1.165, 1.54) is 13.2 Å². The van der Waals surface area contributed by atoms with Crippen LogP contribution in [0.15, 0.2) is 96.6 Å². The lowest BCUT2D eigenvalue weighted by molar-refractivity contribution is -0.112. The summed E-state index contributed by atoms with van der Waals surface area (Å²) in [6, 6.07) is 30.1. The maximum absolute atomic E-state index is 12.7. The van der Waals surface area contributed by atoms with Gasteiger partial charge in [-0.25, -0.2) is 0 Å². The topological polar surface area (TPSA) is 89.8 Å². The highest BCUT2D eigenvalue weighted by atomic mass is 16.5. The Bertz CT molecular complexity index is 1540. The van der Waals surface area contributed by atoms with Crippen LogP contribution < -0.4 is 24.3 Å². The number of anilines is 1. The van der Waals surface area contributed by atoms with Crippen LogP contribution in [0.4, 0.5) is 5.69 Å². The number of nitrogens with zero attached hydrogens (tertiary/aromatic N) is 1. The Morgan fingerprint density at radius 3 is 2.12 bits per heavy atom. The SMILES string of the molecule is COc1cc(/C=C(\C#N)C(=O)Nc2cccc(C)c2)ccc1OCc1ccc(OCc2ccccc2)c(OC)c1. The minimum absolute atomic E-state index is 0.0288. The first-order valence-electron chi connectivity index (χ1n) is 12.6. The molecule has 0 heterocycles. The van der Waals surface area contributed by atoms with Gasteiger partial charge in [-0.2, -0.15) is 5.26 Å². The number of carbonyl (C=O) groups is 1. The molecule has 1 amide bonds. The Balaban J connectivity index is 1.42. The monoisotopic (exact) mass is 534 g/mol. The van der Waals surface area contributed by atoms with Gasteiger partial charge in [0.15, 0.2) is 23.0 Å². The number of ether oxygens (including phenoxy) is 4. The zero-order valence-corrected chi connectivity index (χ0v) is 22.6. The molecule has 0 aliphatic rings. The fourth-order valence-corrected chi connectivity index (χ4v) is 3.95. The van der Waals surface area contributed by atoms with Gasteiger partial charge in [0.2, 0.25) is 0 Å². The molecule has 0 aliphatic heterocycles. The molecular weight excluding hydrogens is 504 g/mol. The van der Waals surface area contributed by atoms with Crippen LogP contribution in [0.2, 0.25) is 0 Å². The molecule has 0 aliphatic carbocycles. The van der Waals surface area contributed by atoms with E-state index in [0.717, 1.165) is 16.7 Å². The third-order valence-corrected chi connectivity index (χ3v) is 6.00. The van der Waals surface area contributed by atoms with E-state index in [1.54, 1.807) is 31.4 Å². The van der Waals surface area contributed by atoms with Gasteiger partial charge in [0, 0.05) is 5.69 Å². The Morgan fingerprint density at radius 1 is 0.775 bits per heavy atom. The van der Waals surface area contributed by atoms with Crippen LogP contribution in [0.1, 0.15) is 22.3 Å². The number of benzene rings is 4. The van der Waals surface area contributed by atoms with Gasteiger partial charge in [0.05, 0.1) is 14.2 Å². The highest BCUT2D eigenvalue weighted by Crippen LogP contribution is 2.32. The lowest BCUT2D eigenvalue weighted by atomic mass is 10.1. The van der Waals surface area contributed by atoms with Crippen LogP contribution >= 0.6 is 0 Å². The van der Waals surface area contributed by atoms with Gasteiger partial charge < -0.3 is 24.3 Å². The average molecular weight is 535 g/mol. The standard InChI is InChI=1S/C33H30N2O5/c1-23-8-7-11-28(16-23)35-33(36)27(20-34)17-25-12-14-29(31(18-25)37-2)40-22-26-13-15-30(32(19-26)38-3)39-21-24-9-5-4-6-10-24/h4-19H,21-22H2,1-3H3,(H,35,36)/b27-17+. The van der Waals surface area contributed by atoms with Crippen molar-refractivity contribution in [1.82, 2.24) is 0 Å². The molecule has 0 aromatic heterocycles. The predicted molar refractivity (Wildman–Crippen MR) is 154 cm³/mol. The van der Waals surface area contributed by atoms with Crippen molar-refractivity contribution in [1.29, 1.82) is 5.26 Å². The van der Waals surface area contributed by atoms with Gasteiger partial charge in [-0.1, -0.05) is 54.6 Å². The summed E-state index contributed by atoms with van der Waals surface area (Å²) >= 11 is 0. The van der Waals surface area contributed by atoms with E-state index in [1.807, 2.05) is 79.7 Å². The van der Waals surface area contributed by atoms with Crippen LogP contribution in [-0.4, -0.2) is 20.1 Å². The van der Waals surface area contributed by atoms with Crippen LogP contribution in [0.3, 0.4) is 0 Å². The summed E-state index contributed by atoms with van der Waals surface area (Å²) in [6.45, 7) is 2.63. The van der Waals surface area contributed by atoms with E-state index in [4.69, 9.17) is 18.9 Å². The van der Waals surface area contributed by atoms with Crippen molar-refractivity contribution < 1.29 is 23.7 Å². The number of nitrogens with one attached hydrogen (secondary N) is 1. The summed E-state index contributed by atoms with van der Waals surface area (Å²) in [7, 11) is 3.13. The first-order chi connectivity index (χ1) is 19.5. The minimum Gasteiger partial charge on any atom is -0.493 e. The van der Waals surface area contributed by atoms with Crippen molar-refractivity contribution >= 4 is 17.7 Å². The number of methoxy groups -OCH3 is 2. The molecule has 40 heavy (non-hydrogen) atoms. The molecule has 202 valence electrons. The van der Waals surface area contributed by atoms with Crippen LogP contribution in [0, 0.1) is 18.3 Å². The molecule has 1 N–H and O–H groups in total. The Hall–Kier alpha value is -5.22. The number of hydrogen-bond donors (Lipinski definition) is 1. The predicted octanol–water partition coefficient (Wildman–Crippen LogP) is 6.72. The molecular formula is C33H30N2O5. The molecule has 4 aromatic rings. The quantitative estimate of drug-likeness (QED) is 0.170. The van der Waals surface area contributed by atoms with Gasteiger partial charge in [-0.15, -0.1) is 0 Å². The van der Waals surface area contributed by atoms with Crippen LogP contribution in [-0.2, 0) is 18.0 Å². The first-order valence-corrected chi connectivity index (χ1v) is 12.6. The van der Waals surface area contributed by atoms with Crippen molar-refractivity contribution in [2.24, 2.45) is 0 Å². The normalized spacial score (nSPS) is 10.8. The fourth-order valence-electron chi connectivity index (χ4n) is 3.95. The molecule has 7 nitrogen and oxygen atoms in total. The number of amides is 1. The lowest BCUT2D eigenvalue weighted by Crippen LogP contribution is -2.13. The molecule has 0 bridgehead atoms. The van der Waals surface area contributed by atoms with Gasteiger partial charge >= 0.3 is 0 Å². The van der Waals surface area contributed by atoms with Crippen molar-refractivity contribution in [3.05, 3.63) is 119 Å². The smallest absolute Gasteiger partial charge is 0.266 e. The summed E-state index contributed by atoms with van der Waals surface area (Å²) in [5.41, 5.74) is 4.18. The molecule has 0 fully saturated rings. The largest absolute Gasteiger partial charge is 0.493 e. The maximum atomic E-state index is 12.7. The second kappa shape index (κ2) is 13.5. The third kappa shape index (κ3) is 7.42. The summed E-state index contributed by atoms with van der Waals surface area (Å²) in [5, 5.41) is 12.3. The molecule has 0 atom stereocenters.